The van der Waals surface area contributed by atoms with Gasteiger partial charge in [0.2, 0.25) is 5.91 Å². The van der Waals surface area contributed by atoms with Crippen LogP contribution in [0.25, 0.3) is 5.69 Å². The normalized spacial score (nSPS) is 10.0. The maximum Gasteiger partial charge on any atom is 0.222 e. The smallest absolute Gasteiger partial charge is 0.222 e. The van der Waals surface area contributed by atoms with Crippen molar-refractivity contribution in [1.29, 1.82) is 5.26 Å². The summed E-state index contributed by atoms with van der Waals surface area (Å²) in [5.41, 5.74) is 2.26. The van der Waals surface area contributed by atoms with E-state index in [-0.39, 0.29) is 5.91 Å². The van der Waals surface area contributed by atoms with Gasteiger partial charge in [0.25, 0.3) is 0 Å². The summed E-state index contributed by atoms with van der Waals surface area (Å²) in [6.45, 7) is 0.656. The van der Waals surface area contributed by atoms with E-state index in [4.69, 9.17) is 0 Å². The number of nitrogens with one attached hydrogen (secondary N) is 1. The number of hydrogen-bond acceptors (Lipinski definition) is 3. The molecular weight excluding hydrogens is 276 g/mol. The summed E-state index contributed by atoms with van der Waals surface area (Å²) in [6, 6.07) is 11.8. The Hall–Kier alpha value is -2.74. The minimum absolute atomic E-state index is 0.114. The van der Waals surface area contributed by atoms with Crippen LogP contribution in [0.15, 0.2) is 42.7 Å². The van der Waals surface area contributed by atoms with Crippen molar-refractivity contribution in [1.82, 2.24) is 9.47 Å². The first-order valence-electron chi connectivity index (χ1n) is 7.24. The Morgan fingerprint density at radius 2 is 2.00 bits per heavy atom. The highest BCUT2D eigenvalue weighted by atomic mass is 16.2. The summed E-state index contributed by atoms with van der Waals surface area (Å²) in [5, 5.41) is 12.7. The highest BCUT2D eigenvalue weighted by Crippen LogP contribution is 2.22. The fourth-order valence-corrected chi connectivity index (χ4v) is 2.20. The van der Waals surface area contributed by atoms with Crippen LogP contribution in [0.3, 0.4) is 0 Å². The van der Waals surface area contributed by atoms with Crippen molar-refractivity contribution in [2.24, 2.45) is 0 Å². The molecule has 1 aromatic carbocycles. The zero-order valence-corrected chi connectivity index (χ0v) is 12.9. The monoisotopic (exact) mass is 296 g/mol. The lowest BCUT2D eigenvalue weighted by atomic mass is 10.1. The van der Waals surface area contributed by atoms with Gasteiger partial charge in [-0.05, 0) is 30.7 Å². The number of carbonyl (C=O) groups excluding carboxylic acids is 1. The Balaban J connectivity index is 2.04. The fourth-order valence-electron chi connectivity index (χ4n) is 2.20. The number of carbonyl (C=O) groups is 1. The molecule has 0 aliphatic carbocycles. The number of nitrogens with zero attached hydrogens (tertiary/aromatic N) is 3. The molecule has 0 aliphatic rings. The molecule has 1 amide bonds. The topological polar surface area (TPSA) is 61.1 Å². The Kier molecular flexibility index (Phi) is 5.21. The van der Waals surface area contributed by atoms with Crippen molar-refractivity contribution in [3.8, 4) is 11.8 Å². The maximum absolute atomic E-state index is 11.5. The van der Waals surface area contributed by atoms with Crippen LogP contribution in [0.5, 0.6) is 0 Å². The average molecular weight is 296 g/mol. The van der Waals surface area contributed by atoms with Crippen LogP contribution >= 0.6 is 0 Å². The molecular formula is C17H20N4O. The van der Waals surface area contributed by atoms with Gasteiger partial charge in [-0.1, -0.05) is 6.07 Å². The van der Waals surface area contributed by atoms with Crippen LogP contribution in [0.2, 0.25) is 0 Å². The molecule has 2 rings (SSSR count). The summed E-state index contributed by atoms with van der Waals surface area (Å²) in [4.78, 5) is 13.1. The van der Waals surface area contributed by atoms with E-state index in [9.17, 15) is 10.1 Å². The van der Waals surface area contributed by atoms with Gasteiger partial charge in [-0.2, -0.15) is 5.26 Å². The van der Waals surface area contributed by atoms with Crippen molar-refractivity contribution in [2.75, 3.05) is 26.0 Å². The standard InChI is InChI=1S/C17H20N4O/c1-20(2)17(22)9-6-10-19-15-7-5-8-16(14(15)13-18)21-11-3-4-12-21/h3-5,7-8,11-12,19H,6,9-10H2,1-2H3. The van der Waals surface area contributed by atoms with Gasteiger partial charge in [-0.25, -0.2) is 0 Å². The summed E-state index contributed by atoms with van der Waals surface area (Å²) in [6.07, 6.45) is 5.06. The average Bonchev–Trinajstić information content (AvgIpc) is 3.05. The van der Waals surface area contributed by atoms with E-state index in [1.54, 1.807) is 19.0 Å². The number of benzene rings is 1. The maximum atomic E-state index is 11.5. The molecule has 5 nitrogen and oxygen atoms in total. The zero-order valence-electron chi connectivity index (χ0n) is 12.9. The molecule has 1 aromatic heterocycles. The second-order valence-electron chi connectivity index (χ2n) is 5.22. The quantitative estimate of drug-likeness (QED) is 0.834. The number of aromatic nitrogens is 1. The van der Waals surface area contributed by atoms with Gasteiger partial charge in [0.1, 0.15) is 6.07 Å². The van der Waals surface area contributed by atoms with Crippen LogP contribution in [-0.2, 0) is 4.79 Å². The van der Waals surface area contributed by atoms with Gasteiger partial charge >= 0.3 is 0 Å². The van der Waals surface area contributed by atoms with Crippen LogP contribution in [0.1, 0.15) is 18.4 Å². The van der Waals surface area contributed by atoms with Gasteiger partial charge in [0.15, 0.2) is 0 Å². The van der Waals surface area contributed by atoms with E-state index in [0.29, 0.717) is 18.5 Å². The van der Waals surface area contributed by atoms with E-state index in [1.807, 2.05) is 47.3 Å². The third-order valence-electron chi connectivity index (χ3n) is 3.42. The number of hydrogen-bond donors (Lipinski definition) is 1. The Labute approximate surface area is 130 Å². The first-order valence-corrected chi connectivity index (χ1v) is 7.24. The summed E-state index contributed by atoms with van der Waals surface area (Å²) in [7, 11) is 3.51. The van der Waals surface area contributed by atoms with E-state index >= 15 is 0 Å². The van der Waals surface area contributed by atoms with Crippen molar-refractivity contribution < 1.29 is 4.79 Å². The molecule has 1 heterocycles. The van der Waals surface area contributed by atoms with E-state index in [1.165, 1.54) is 0 Å². The third-order valence-corrected chi connectivity index (χ3v) is 3.42. The largest absolute Gasteiger partial charge is 0.384 e. The Morgan fingerprint density at radius 3 is 2.64 bits per heavy atom. The first kappa shape index (κ1) is 15.6. The lowest BCUT2D eigenvalue weighted by Crippen LogP contribution is -2.22. The molecule has 2 aromatic rings. The van der Waals surface area contributed by atoms with Gasteiger partial charge in [0.05, 0.1) is 16.9 Å². The zero-order chi connectivity index (χ0) is 15.9. The molecule has 0 aliphatic heterocycles. The second-order valence-corrected chi connectivity index (χ2v) is 5.22. The second kappa shape index (κ2) is 7.32. The van der Waals surface area contributed by atoms with Gasteiger partial charge in [-0.15, -0.1) is 0 Å². The molecule has 0 atom stereocenters. The molecule has 5 heteroatoms. The molecule has 0 saturated heterocycles. The molecule has 0 saturated carbocycles. The Morgan fingerprint density at radius 1 is 1.27 bits per heavy atom. The highest BCUT2D eigenvalue weighted by Gasteiger charge is 2.09. The minimum atomic E-state index is 0.114. The Bertz CT molecular complexity index is 668. The lowest BCUT2D eigenvalue weighted by Gasteiger charge is -2.13. The van der Waals surface area contributed by atoms with Crippen molar-refractivity contribution in [2.45, 2.75) is 12.8 Å². The van der Waals surface area contributed by atoms with Crippen LogP contribution in [0, 0.1) is 11.3 Å². The molecule has 114 valence electrons. The van der Waals surface area contributed by atoms with E-state index < -0.39 is 0 Å². The molecule has 0 spiro atoms. The summed E-state index contributed by atoms with van der Waals surface area (Å²) >= 11 is 0. The number of nitriles is 1. The van der Waals surface area contributed by atoms with Crippen molar-refractivity contribution in [3.05, 3.63) is 48.3 Å². The first-order chi connectivity index (χ1) is 10.6. The molecule has 0 radical (unpaired) electrons. The van der Waals surface area contributed by atoms with Crippen LogP contribution < -0.4 is 5.32 Å². The predicted molar refractivity (Wildman–Crippen MR) is 86.9 cm³/mol. The van der Waals surface area contributed by atoms with Gasteiger partial charge in [0, 0.05) is 39.5 Å². The minimum Gasteiger partial charge on any atom is -0.384 e. The molecule has 0 unspecified atom stereocenters. The van der Waals surface area contributed by atoms with E-state index in [2.05, 4.69) is 11.4 Å². The SMILES string of the molecule is CN(C)C(=O)CCCNc1cccc(-n2cccc2)c1C#N. The van der Waals surface area contributed by atoms with Crippen LogP contribution in [-0.4, -0.2) is 36.0 Å². The van der Waals surface area contributed by atoms with E-state index in [0.717, 1.165) is 17.8 Å². The molecule has 0 fully saturated rings. The fraction of sp³-hybridized carbons (Fsp3) is 0.294. The number of rotatable bonds is 6. The molecule has 0 bridgehead atoms. The van der Waals surface area contributed by atoms with Crippen molar-refractivity contribution >= 4 is 11.6 Å². The molecule has 22 heavy (non-hydrogen) atoms. The predicted octanol–water partition coefficient (Wildman–Crippen LogP) is 2.63. The van der Waals surface area contributed by atoms with Gasteiger partial charge < -0.3 is 14.8 Å². The number of anilines is 1. The third kappa shape index (κ3) is 3.67. The highest BCUT2D eigenvalue weighted by molar-refractivity contribution is 5.75. The molecule has 1 N–H and O–H groups in total. The van der Waals surface area contributed by atoms with Gasteiger partial charge in [-0.3, -0.25) is 4.79 Å². The van der Waals surface area contributed by atoms with Crippen LogP contribution in [0.4, 0.5) is 5.69 Å². The van der Waals surface area contributed by atoms with Crippen molar-refractivity contribution in [3.63, 3.8) is 0 Å². The summed E-state index contributed by atoms with van der Waals surface area (Å²) < 4.78 is 1.92. The summed E-state index contributed by atoms with van der Waals surface area (Å²) in [5.74, 6) is 0.114. The lowest BCUT2D eigenvalue weighted by molar-refractivity contribution is -0.128. The number of amides is 1.